The Labute approximate surface area is 318 Å². The molecule has 282 valence electrons. The Morgan fingerprint density at radius 3 is 1.93 bits per heavy atom. The van der Waals surface area contributed by atoms with E-state index in [0.29, 0.717) is 11.3 Å². The van der Waals surface area contributed by atoms with Crippen molar-refractivity contribution >= 4 is 52.5 Å². The summed E-state index contributed by atoms with van der Waals surface area (Å²) >= 11 is 1.41. The van der Waals surface area contributed by atoms with Crippen LogP contribution < -0.4 is 26.6 Å². The highest BCUT2D eigenvalue weighted by molar-refractivity contribution is 7.09. The van der Waals surface area contributed by atoms with E-state index < -0.39 is 59.7 Å². The van der Waals surface area contributed by atoms with Crippen LogP contribution in [0.2, 0.25) is 0 Å². The first kappa shape index (κ1) is 39.4. The van der Waals surface area contributed by atoms with Crippen LogP contribution in [0.5, 0.6) is 0 Å². The van der Waals surface area contributed by atoms with Crippen LogP contribution in [0.4, 0.5) is 5.69 Å². The van der Waals surface area contributed by atoms with Crippen molar-refractivity contribution in [1.82, 2.24) is 21.3 Å². The van der Waals surface area contributed by atoms with E-state index in [1.165, 1.54) is 11.3 Å². The zero-order valence-electron chi connectivity index (χ0n) is 30.2. The van der Waals surface area contributed by atoms with E-state index in [1.54, 1.807) is 24.3 Å². The summed E-state index contributed by atoms with van der Waals surface area (Å²) in [6.45, 7) is 3.75. The molecule has 6 N–H and O–H groups in total. The van der Waals surface area contributed by atoms with Gasteiger partial charge in [-0.1, -0.05) is 86.6 Å². The summed E-state index contributed by atoms with van der Waals surface area (Å²) in [7, 11) is 0. The fraction of sp³-hybridized carbons (Fsp3) is 0.317. The molecule has 0 fully saturated rings. The molecule has 0 unspecified atom stereocenters. The van der Waals surface area contributed by atoms with Gasteiger partial charge in [-0.15, -0.1) is 11.3 Å². The summed E-state index contributed by atoms with van der Waals surface area (Å²) in [5.41, 5.74) is 3.74. The van der Waals surface area contributed by atoms with Gasteiger partial charge in [-0.3, -0.25) is 24.0 Å². The van der Waals surface area contributed by atoms with Gasteiger partial charge < -0.3 is 31.7 Å². The number of carboxylic acids is 1. The highest BCUT2D eigenvalue weighted by atomic mass is 32.1. The van der Waals surface area contributed by atoms with Gasteiger partial charge in [0.1, 0.15) is 24.2 Å². The minimum Gasteiger partial charge on any atom is -0.480 e. The second kappa shape index (κ2) is 18.8. The monoisotopic (exact) mass is 751 g/mol. The number of nitrogens with one attached hydrogen (secondary N) is 5. The summed E-state index contributed by atoms with van der Waals surface area (Å²) in [5, 5.41) is 25.6. The Morgan fingerprint density at radius 2 is 1.30 bits per heavy atom. The number of carboxylic acid groups (broad SMARTS) is 1. The molecule has 2 aliphatic rings. The lowest BCUT2D eigenvalue weighted by atomic mass is 9.98. The molecule has 54 heavy (non-hydrogen) atoms. The first-order valence-electron chi connectivity index (χ1n) is 17.9. The molecular formula is C41H45N5O7S. The molecule has 12 nitrogen and oxygen atoms in total. The third-order valence-electron chi connectivity index (χ3n) is 8.98. The van der Waals surface area contributed by atoms with Crippen LogP contribution in [0.1, 0.15) is 49.1 Å². The molecule has 2 aliphatic heterocycles. The first-order valence-corrected chi connectivity index (χ1v) is 18.8. The Morgan fingerprint density at radius 1 is 0.685 bits per heavy atom. The van der Waals surface area contributed by atoms with Crippen molar-refractivity contribution in [2.75, 3.05) is 5.32 Å². The molecular weight excluding hydrogens is 707 g/mol. The molecule has 2 bridgehead atoms. The number of carbonyl (C=O) groups is 6. The second-order valence-corrected chi connectivity index (χ2v) is 14.8. The number of rotatable bonds is 8. The first-order chi connectivity index (χ1) is 25.9. The Kier molecular flexibility index (Phi) is 13.7. The SMILES string of the molecule is CC(C)C[C@@H]1NC(=O)[C@H](Cc2ccc(-c3ccccc3)cc2)NC(=O)[C@@H](Cc2cccs2)NC(=O)CCC(=O)Nc2ccc(cc2)C[C@@H](C(=O)O)NC1=O. The van der Waals surface area contributed by atoms with Crippen molar-refractivity contribution in [2.45, 2.75) is 76.5 Å². The number of thiophene rings is 1. The second-order valence-electron chi connectivity index (χ2n) is 13.8. The zero-order valence-corrected chi connectivity index (χ0v) is 31.0. The van der Waals surface area contributed by atoms with E-state index >= 15 is 0 Å². The van der Waals surface area contributed by atoms with Crippen LogP contribution in [-0.4, -0.2) is 64.8 Å². The number of carbonyl (C=O) groups excluding carboxylic acids is 5. The lowest BCUT2D eigenvalue weighted by Crippen LogP contribution is -2.58. The highest BCUT2D eigenvalue weighted by Gasteiger charge is 2.32. The molecule has 13 heteroatoms. The third-order valence-corrected chi connectivity index (χ3v) is 9.88. The fourth-order valence-corrected chi connectivity index (χ4v) is 6.90. The van der Waals surface area contributed by atoms with Crippen molar-refractivity contribution in [3.8, 4) is 11.1 Å². The maximum Gasteiger partial charge on any atom is 0.326 e. The van der Waals surface area contributed by atoms with Crippen LogP contribution in [-0.2, 0) is 48.0 Å². The van der Waals surface area contributed by atoms with Crippen LogP contribution in [0, 0.1) is 5.92 Å². The van der Waals surface area contributed by atoms with E-state index in [-0.39, 0.29) is 44.4 Å². The van der Waals surface area contributed by atoms with Crippen molar-refractivity contribution in [1.29, 1.82) is 0 Å². The maximum atomic E-state index is 14.2. The van der Waals surface area contributed by atoms with E-state index in [9.17, 15) is 33.9 Å². The van der Waals surface area contributed by atoms with Crippen molar-refractivity contribution in [3.05, 3.63) is 112 Å². The van der Waals surface area contributed by atoms with Crippen LogP contribution in [0.15, 0.2) is 96.4 Å². The van der Waals surface area contributed by atoms with Gasteiger partial charge in [0, 0.05) is 42.7 Å². The van der Waals surface area contributed by atoms with Gasteiger partial charge in [-0.2, -0.15) is 0 Å². The maximum absolute atomic E-state index is 14.2. The number of fused-ring (bicyclic) bond motifs is 18. The number of hydrogen-bond donors (Lipinski definition) is 6. The quantitative estimate of drug-likeness (QED) is 0.146. The predicted octanol–water partition coefficient (Wildman–Crippen LogP) is 4.25. The van der Waals surface area contributed by atoms with Crippen molar-refractivity contribution < 1.29 is 33.9 Å². The summed E-state index contributed by atoms with van der Waals surface area (Å²) in [6.07, 6.45) is -0.0160. The zero-order chi connectivity index (χ0) is 38.6. The largest absolute Gasteiger partial charge is 0.480 e. The highest BCUT2D eigenvalue weighted by Crippen LogP contribution is 2.21. The Balaban J connectivity index is 1.47. The molecule has 6 rings (SSSR count). The minimum atomic E-state index is -1.31. The van der Waals surface area contributed by atoms with Gasteiger partial charge in [0.25, 0.3) is 0 Å². The number of benzene rings is 3. The van der Waals surface area contributed by atoms with Gasteiger partial charge in [-0.05, 0) is 58.2 Å². The molecule has 1 aromatic heterocycles. The fourth-order valence-electron chi connectivity index (χ4n) is 6.14. The smallest absolute Gasteiger partial charge is 0.326 e. The average Bonchev–Trinajstić information content (AvgIpc) is 3.67. The molecule has 0 saturated heterocycles. The summed E-state index contributed by atoms with van der Waals surface area (Å²) in [4.78, 5) is 80.9. The topological polar surface area (TPSA) is 183 Å². The van der Waals surface area contributed by atoms with Crippen molar-refractivity contribution in [2.24, 2.45) is 5.92 Å². The summed E-state index contributed by atoms with van der Waals surface area (Å²) in [6, 6.07) is 22.8. The van der Waals surface area contributed by atoms with Gasteiger partial charge >= 0.3 is 5.97 Å². The van der Waals surface area contributed by atoms with Gasteiger partial charge in [0.15, 0.2) is 0 Å². The number of hydrogen-bond acceptors (Lipinski definition) is 7. The molecule has 0 spiro atoms. The number of anilines is 1. The Hall–Kier alpha value is -5.82. The molecule has 3 heterocycles. The minimum absolute atomic E-state index is 0.0517. The van der Waals surface area contributed by atoms with E-state index in [2.05, 4.69) is 26.6 Å². The van der Waals surface area contributed by atoms with Crippen LogP contribution >= 0.6 is 11.3 Å². The summed E-state index contributed by atoms with van der Waals surface area (Å²) < 4.78 is 0. The molecule has 0 aliphatic carbocycles. The van der Waals surface area contributed by atoms with Gasteiger partial charge in [0.2, 0.25) is 29.5 Å². The van der Waals surface area contributed by atoms with E-state index in [1.807, 2.05) is 86.0 Å². The molecule has 0 radical (unpaired) electrons. The van der Waals surface area contributed by atoms with Crippen LogP contribution in [0.3, 0.4) is 0 Å². The van der Waals surface area contributed by atoms with Gasteiger partial charge in [-0.25, -0.2) is 4.79 Å². The molecule has 0 saturated carbocycles. The number of aliphatic carboxylic acids is 1. The molecule has 3 aromatic carbocycles. The van der Waals surface area contributed by atoms with E-state index in [0.717, 1.165) is 21.6 Å². The number of amides is 5. The molecule has 5 amide bonds. The Bertz CT molecular complexity index is 1920. The third kappa shape index (κ3) is 11.6. The lowest BCUT2D eigenvalue weighted by Gasteiger charge is -2.27. The molecule has 4 aromatic rings. The molecule has 4 atom stereocenters. The van der Waals surface area contributed by atoms with Crippen LogP contribution in [0.25, 0.3) is 11.1 Å². The predicted molar refractivity (Wildman–Crippen MR) is 206 cm³/mol. The summed E-state index contributed by atoms with van der Waals surface area (Å²) in [5.74, 6) is -4.22. The van der Waals surface area contributed by atoms with Gasteiger partial charge in [0.05, 0.1) is 0 Å². The average molecular weight is 752 g/mol. The lowest BCUT2D eigenvalue weighted by molar-refractivity contribution is -0.142. The van der Waals surface area contributed by atoms with E-state index in [4.69, 9.17) is 0 Å². The normalized spacial score (nSPS) is 20.5. The van der Waals surface area contributed by atoms with Crippen molar-refractivity contribution in [3.63, 3.8) is 0 Å². The standard InChI is InChI=1S/C41H45N5O7S/c1-25(2)21-32-38(49)46-35(41(52)53)23-27-12-16-30(17-13-27)42-36(47)18-19-37(48)43-34(24-31-9-6-20-54-31)40(51)45-33(39(50)44-32)22-26-10-14-29(15-11-26)28-7-4-3-5-8-28/h3-17,20,25,32-35H,18-19,21-24H2,1-2H3,(H,42,47)(H,43,48)(H,44,50)(H,45,51)(H,46,49)(H,52,53)/t32-,33-,34+,35-/m0/s1.